The summed E-state index contributed by atoms with van der Waals surface area (Å²) >= 11 is 5.86. The van der Waals surface area contributed by atoms with E-state index in [1.54, 1.807) is 46.4 Å². The lowest BCUT2D eigenvalue weighted by atomic mass is 10.1. The summed E-state index contributed by atoms with van der Waals surface area (Å²) in [6, 6.07) is 10.5. The number of benzene rings is 1. The van der Waals surface area contributed by atoms with Crippen molar-refractivity contribution >= 4 is 23.4 Å². The van der Waals surface area contributed by atoms with Gasteiger partial charge in [-0.05, 0) is 36.4 Å². The summed E-state index contributed by atoms with van der Waals surface area (Å²) in [4.78, 5) is 28.7. The predicted molar refractivity (Wildman–Crippen MR) is 112 cm³/mol. The van der Waals surface area contributed by atoms with Gasteiger partial charge in [-0.25, -0.2) is 0 Å². The van der Waals surface area contributed by atoms with Crippen molar-refractivity contribution in [1.29, 1.82) is 0 Å². The third-order valence-corrected chi connectivity index (χ3v) is 5.08. The van der Waals surface area contributed by atoms with Crippen LogP contribution in [-0.4, -0.2) is 60.6 Å². The van der Waals surface area contributed by atoms with Gasteiger partial charge >= 0.3 is 0 Å². The molecule has 1 aliphatic rings. The van der Waals surface area contributed by atoms with E-state index in [0.717, 1.165) is 0 Å². The van der Waals surface area contributed by atoms with E-state index in [9.17, 15) is 9.59 Å². The van der Waals surface area contributed by atoms with Gasteiger partial charge in [0.2, 0.25) is 5.91 Å². The van der Waals surface area contributed by atoms with E-state index < -0.39 is 0 Å². The van der Waals surface area contributed by atoms with Crippen LogP contribution in [0.2, 0.25) is 5.02 Å². The number of amides is 2. The molecule has 7 nitrogen and oxygen atoms in total. The molecule has 1 atom stereocenters. The summed E-state index contributed by atoms with van der Waals surface area (Å²) in [6.07, 6.45) is 1.32. The zero-order chi connectivity index (χ0) is 21.5. The Balaban J connectivity index is 1.55. The fraction of sp³-hybridized carbons (Fsp3) is 0.455. The van der Waals surface area contributed by atoms with Crippen LogP contribution in [0.4, 0.5) is 0 Å². The van der Waals surface area contributed by atoms with E-state index in [0.29, 0.717) is 49.3 Å². The van der Waals surface area contributed by atoms with Crippen molar-refractivity contribution in [2.75, 3.05) is 32.8 Å². The fourth-order valence-electron chi connectivity index (χ4n) is 3.26. The number of nitrogens with zero attached hydrogens (tertiary/aromatic N) is 2. The number of morpholine rings is 1. The third kappa shape index (κ3) is 6.24. The maximum Gasteiger partial charge on any atom is 0.260 e. The van der Waals surface area contributed by atoms with Gasteiger partial charge in [0, 0.05) is 30.6 Å². The molecular formula is C22H27ClN2O5. The van der Waals surface area contributed by atoms with Gasteiger partial charge in [-0.3, -0.25) is 9.59 Å². The molecular weight excluding hydrogens is 408 g/mol. The van der Waals surface area contributed by atoms with Crippen LogP contribution >= 0.6 is 11.6 Å². The van der Waals surface area contributed by atoms with E-state index >= 15 is 0 Å². The Bertz CT molecular complexity index is 823. The molecule has 0 aliphatic carbocycles. The van der Waals surface area contributed by atoms with Crippen LogP contribution in [0.1, 0.15) is 19.6 Å². The molecule has 3 rings (SSSR count). The normalized spacial score (nSPS) is 16.5. The SMILES string of the molecule is CC(C)C(=O)N(Cc1ccco1)CC1CN(C(=O)COc2ccc(Cl)cc2)CCO1. The van der Waals surface area contributed by atoms with E-state index in [-0.39, 0.29) is 30.4 Å². The average Bonchev–Trinajstić information content (AvgIpc) is 3.25. The molecule has 2 amide bonds. The van der Waals surface area contributed by atoms with Gasteiger partial charge < -0.3 is 23.7 Å². The van der Waals surface area contributed by atoms with Crippen molar-refractivity contribution < 1.29 is 23.5 Å². The van der Waals surface area contributed by atoms with Crippen LogP contribution < -0.4 is 4.74 Å². The summed E-state index contributed by atoms with van der Waals surface area (Å²) in [5.41, 5.74) is 0. The van der Waals surface area contributed by atoms with Crippen molar-refractivity contribution in [2.45, 2.75) is 26.5 Å². The molecule has 1 fully saturated rings. The van der Waals surface area contributed by atoms with Crippen LogP contribution in [0.25, 0.3) is 0 Å². The molecule has 162 valence electrons. The Morgan fingerprint density at radius 2 is 2.03 bits per heavy atom. The first-order chi connectivity index (χ1) is 14.4. The van der Waals surface area contributed by atoms with E-state index in [1.807, 2.05) is 19.9 Å². The van der Waals surface area contributed by atoms with E-state index in [4.69, 9.17) is 25.5 Å². The highest BCUT2D eigenvalue weighted by molar-refractivity contribution is 6.30. The number of furan rings is 1. The summed E-state index contributed by atoms with van der Waals surface area (Å²) < 4.78 is 16.8. The predicted octanol–water partition coefficient (Wildman–Crippen LogP) is 3.22. The van der Waals surface area contributed by atoms with Crippen molar-refractivity contribution in [3.8, 4) is 5.75 Å². The van der Waals surface area contributed by atoms with Gasteiger partial charge in [0.15, 0.2) is 6.61 Å². The number of hydrogen-bond donors (Lipinski definition) is 0. The molecule has 8 heteroatoms. The number of carbonyl (C=O) groups is 2. The second-order valence-electron chi connectivity index (χ2n) is 7.53. The maximum atomic E-state index is 12.7. The van der Waals surface area contributed by atoms with Crippen molar-refractivity contribution in [3.05, 3.63) is 53.4 Å². The van der Waals surface area contributed by atoms with Crippen LogP contribution in [0, 0.1) is 5.92 Å². The Morgan fingerprint density at radius 1 is 1.27 bits per heavy atom. The smallest absolute Gasteiger partial charge is 0.260 e. The zero-order valence-electron chi connectivity index (χ0n) is 17.3. The maximum absolute atomic E-state index is 12.7. The highest BCUT2D eigenvalue weighted by atomic mass is 35.5. The summed E-state index contributed by atoms with van der Waals surface area (Å²) in [5, 5.41) is 0.611. The first-order valence-corrected chi connectivity index (χ1v) is 10.4. The minimum Gasteiger partial charge on any atom is -0.484 e. The quantitative estimate of drug-likeness (QED) is 0.637. The number of carbonyl (C=O) groups excluding carboxylic acids is 2. The van der Waals surface area contributed by atoms with Gasteiger partial charge in [0.25, 0.3) is 5.91 Å². The summed E-state index contributed by atoms with van der Waals surface area (Å²) in [5.74, 6) is 1.05. The van der Waals surface area contributed by atoms with Gasteiger partial charge in [0.05, 0.1) is 25.5 Å². The molecule has 2 heterocycles. The third-order valence-electron chi connectivity index (χ3n) is 4.82. The van der Waals surface area contributed by atoms with Crippen LogP contribution in [0.3, 0.4) is 0 Å². The molecule has 30 heavy (non-hydrogen) atoms. The number of rotatable bonds is 8. The Labute approximate surface area is 181 Å². The number of hydrogen-bond acceptors (Lipinski definition) is 5. The Hall–Kier alpha value is -2.51. The van der Waals surface area contributed by atoms with Gasteiger partial charge in [-0.15, -0.1) is 0 Å². The fourth-order valence-corrected chi connectivity index (χ4v) is 3.38. The summed E-state index contributed by atoms with van der Waals surface area (Å²) in [7, 11) is 0. The van der Waals surface area contributed by atoms with Crippen LogP contribution in [0.15, 0.2) is 47.1 Å². The van der Waals surface area contributed by atoms with Gasteiger partial charge in [0.1, 0.15) is 11.5 Å². The largest absolute Gasteiger partial charge is 0.484 e. The number of halogens is 1. The standard InChI is InChI=1S/C22H27ClN2O5/c1-16(2)22(27)25(12-19-4-3-10-28-19)14-20-13-24(9-11-29-20)21(26)15-30-18-7-5-17(23)6-8-18/h3-8,10,16,20H,9,11-15H2,1-2H3. The molecule has 0 bridgehead atoms. The molecule has 1 aliphatic heterocycles. The minimum absolute atomic E-state index is 0.0181. The monoisotopic (exact) mass is 434 g/mol. The zero-order valence-corrected chi connectivity index (χ0v) is 18.0. The van der Waals surface area contributed by atoms with Crippen LogP contribution in [-0.2, 0) is 20.9 Å². The lowest BCUT2D eigenvalue weighted by Crippen LogP contribution is -2.51. The first-order valence-electron chi connectivity index (χ1n) is 10.0. The second kappa shape index (κ2) is 10.5. The Morgan fingerprint density at radius 3 is 2.70 bits per heavy atom. The highest BCUT2D eigenvalue weighted by Gasteiger charge is 2.28. The average molecular weight is 435 g/mol. The van der Waals surface area contributed by atoms with Crippen molar-refractivity contribution in [2.24, 2.45) is 5.92 Å². The summed E-state index contributed by atoms with van der Waals surface area (Å²) in [6.45, 7) is 5.75. The molecule has 0 spiro atoms. The van der Waals surface area contributed by atoms with Gasteiger partial charge in [-0.2, -0.15) is 0 Å². The van der Waals surface area contributed by atoms with Crippen LogP contribution in [0.5, 0.6) is 5.75 Å². The highest BCUT2D eigenvalue weighted by Crippen LogP contribution is 2.17. The minimum atomic E-state index is -0.268. The molecule has 0 N–H and O–H groups in total. The van der Waals surface area contributed by atoms with E-state index in [2.05, 4.69) is 0 Å². The number of ether oxygens (including phenoxy) is 2. The Kier molecular flexibility index (Phi) is 7.76. The van der Waals surface area contributed by atoms with Gasteiger partial charge in [-0.1, -0.05) is 25.4 Å². The topological polar surface area (TPSA) is 72.2 Å². The first kappa shape index (κ1) is 22.2. The molecule has 0 radical (unpaired) electrons. The molecule has 2 aromatic rings. The molecule has 0 saturated carbocycles. The lowest BCUT2D eigenvalue weighted by Gasteiger charge is -2.36. The van der Waals surface area contributed by atoms with Crippen molar-refractivity contribution in [1.82, 2.24) is 9.80 Å². The molecule has 1 saturated heterocycles. The second-order valence-corrected chi connectivity index (χ2v) is 7.96. The molecule has 1 aromatic heterocycles. The van der Waals surface area contributed by atoms with E-state index in [1.165, 1.54) is 0 Å². The molecule has 1 unspecified atom stereocenters. The van der Waals surface area contributed by atoms with Crippen molar-refractivity contribution in [3.63, 3.8) is 0 Å². The molecule has 1 aromatic carbocycles. The lowest BCUT2D eigenvalue weighted by molar-refractivity contribution is -0.145.